The van der Waals surface area contributed by atoms with Gasteiger partial charge in [0.2, 0.25) is 0 Å². The first-order chi connectivity index (χ1) is 8.50. The van der Waals surface area contributed by atoms with Crippen molar-refractivity contribution in [1.29, 1.82) is 0 Å². The van der Waals surface area contributed by atoms with Crippen molar-refractivity contribution in [3.8, 4) is 5.69 Å². The molecule has 0 bridgehead atoms. The molecule has 18 heavy (non-hydrogen) atoms. The molecule has 6 nitrogen and oxygen atoms in total. The summed E-state index contributed by atoms with van der Waals surface area (Å²) in [5, 5.41) is 21.8. The molecule has 0 radical (unpaired) electrons. The van der Waals surface area contributed by atoms with Gasteiger partial charge in [-0.15, -0.1) is 0 Å². The number of aromatic nitrogens is 2. The van der Waals surface area contributed by atoms with Gasteiger partial charge in [-0.3, -0.25) is 0 Å². The normalized spacial score (nSPS) is 10.3. The van der Waals surface area contributed by atoms with Crippen molar-refractivity contribution in [2.24, 2.45) is 0 Å². The summed E-state index contributed by atoms with van der Waals surface area (Å²) in [7, 11) is 0. The molecule has 0 atom stereocenters. The van der Waals surface area contributed by atoms with Crippen molar-refractivity contribution in [1.82, 2.24) is 9.78 Å². The average Bonchev–Trinajstić information content (AvgIpc) is 2.74. The summed E-state index contributed by atoms with van der Waals surface area (Å²) in [6, 6.07) is 6.58. The van der Waals surface area contributed by atoms with E-state index in [1.165, 1.54) is 0 Å². The first kappa shape index (κ1) is 12.1. The number of para-hydroxylation sites is 1. The molecule has 92 valence electrons. The van der Waals surface area contributed by atoms with Crippen LogP contribution in [-0.4, -0.2) is 31.9 Å². The lowest BCUT2D eigenvalue weighted by molar-refractivity contribution is 0.0648. The van der Waals surface area contributed by atoms with Crippen LogP contribution in [0.2, 0.25) is 5.02 Å². The fourth-order valence-corrected chi connectivity index (χ4v) is 1.67. The molecule has 0 aliphatic heterocycles. The van der Waals surface area contributed by atoms with Crippen molar-refractivity contribution in [2.75, 3.05) is 0 Å². The van der Waals surface area contributed by atoms with Gasteiger partial charge in [0.1, 0.15) is 5.56 Å². The van der Waals surface area contributed by atoms with E-state index in [0.29, 0.717) is 10.7 Å². The summed E-state index contributed by atoms with van der Waals surface area (Å²) in [6.07, 6.45) is 1.12. The summed E-state index contributed by atoms with van der Waals surface area (Å²) in [4.78, 5) is 21.8. The Bertz CT molecular complexity index is 604. The highest BCUT2D eigenvalue weighted by atomic mass is 35.5. The molecule has 0 spiro atoms. The highest BCUT2D eigenvalue weighted by Gasteiger charge is 2.22. The second-order valence-corrected chi connectivity index (χ2v) is 3.80. The van der Waals surface area contributed by atoms with Crippen molar-refractivity contribution in [3.63, 3.8) is 0 Å². The Hall–Kier alpha value is -2.34. The van der Waals surface area contributed by atoms with Gasteiger partial charge in [0.05, 0.1) is 10.7 Å². The van der Waals surface area contributed by atoms with Crippen LogP contribution in [-0.2, 0) is 0 Å². The van der Waals surface area contributed by atoms with E-state index in [1.54, 1.807) is 24.3 Å². The monoisotopic (exact) mass is 266 g/mol. The van der Waals surface area contributed by atoms with Crippen molar-refractivity contribution < 1.29 is 19.8 Å². The molecule has 1 aromatic carbocycles. The third kappa shape index (κ3) is 2.05. The molecular weight excluding hydrogens is 260 g/mol. The molecule has 0 aliphatic carbocycles. The van der Waals surface area contributed by atoms with Crippen LogP contribution in [0.25, 0.3) is 5.69 Å². The van der Waals surface area contributed by atoms with E-state index < -0.39 is 17.6 Å². The van der Waals surface area contributed by atoms with Crippen LogP contribution in [0, 0.1) is 0 Å². The molecule has 1 aromatic heterocycles. The zero-order valence-electron chi connectivity index (χ0n) is 8.87. The number of carbonyl (C=O) groups is 2. The van der Waals surface area contributed by atoms with Gasteiger partial charge in [0.25, 0.3) is 0 Å². The summed E-state index contributed by atoms with van der Waals surface area (Å²) in [5.74, 6) is -2.76. The van der Waals surface area contributed by atoms with Gasteiger partial charge in [-0.25, -0.2) is 14.3 Å². The Labute approximate surface area is 106 Å². The highest BCUT2D eigenvalue weighted by molar-refractivity contribution is 6.32. The molecule has 2 aromatic rings. The quantitative estimate of drug-likeness (QED) is 0.885. The number of carboxylic acids is 2. The Morgan fingerprint density at radius 3 is 2.33 bits per heavy atom. The number of nitrogens with zero attached hydrogens (tertiary/aromatic N) is 2. The fourth-order valence-electron chi connectivity index (χ4n) is 1.45. The van der Waals surface area contributed by atoms with Gasteiger partial charge in [0.15, 0.2) is 5.69 Å². The SMILES string of the molecule is O=C(O)c1cn(-c2ccccc2Cl)nc1C(=O)O. The molecule has 7 heteroatoms. The summed E-state index contributed by atoms with van der Waals surface area (Å²) in [5.41, 5.74) is -0.501. The number of aromatic carboxylic acids is 2. The molecule has 2 rings (SSSR count). The first-order valence-electron chi connectivity index (χ1n) is 4.82. The maximum Gasteiger partial charge on any atom is 0.357 e. The van der Waals surface area contributed by atoms with Crippen molar-refractivity contribution in [2.45, 2.75) is 0 Å². The standard InChI is InChI=1S/C11H7ClN2O4/c12-7-3-1-2-4-8(7)14-5-6(10(15)16)9(13-14)11(17)18/h1-5H,(H,15,16)(H,17,18). The van der Waals surface area contributed by atoms with Crippen LogP contribution in [0.15, 0.2) is 30.5 Å². The molecule has 1 heterocycles. The van der Waals surface area contributed by atoms with Gasteiger partial charge in [-0.2, -0.15) is 5.10 Å². The molecular formula is C11H7ClN2O4. The average molecular weight is 267 g/mol. The van der Waals surface area contributed by atoms with Crippen LogP contribution >= 0.6 is 11.6 Å². The molecule has 0 aliphatic rings. The van der Waals surface area contributed by atoms with Gasteiger partial charge >= 0.3 is 11.9 Å². The van der Waals surface area contributed by atoms with Gasteiger partial charge in [0, 0.05) is 6.20 Å². The lowest BCUT2D eigenvalue weighted by atomic mass is 10.2. The third-order valence-corrected chi connectivity index (χ3v) is 2.57. The van der Waals surface area contributed by atoms with E-state index in [-0.39, 0.29) is 5.56 Å². The zero-order valence-corrected chi connectivity index (χ0v) is 9.63. The molecule has 0 unspecified atom stereocenters. The van der Waals surface area contributed by atoms with E-state index in [1.807, 2.05) is 0 Å². The Balaban J connectivity index is 2.61. The molecule has 0 amide bonds. The largest absolute Gasteiger partial charge is 0.478 e. The van der Waals surface area contributed by atoms with E-state index in [0.717, 1.165) is 10.9 Å². The predicted octanol–water partition coefficient (Wildman–Crippen LogP) is 1.92. The van der Waals surface area contributed by atoms with Gasteiger partial charge < -0.3 is 10.2 Å². The predicted molar refractivity (Wildman–Crippen MR) is 62.5 cm³/mol. The van der Waals surface area contributed by atoms with E-state index in [4.69, 9.17) is 21.8 Å². The van der Waals surface area contributed by atoms with Crippen LogP contribution in [0.1, 0.15) is 20.8 Å². The van der Waals surface area contributed by atoms with Crippen molar-refractivity contribution in [3.05, 3.63) is 46.7 Å². The van der Waals surface area contributed by atoms with Crippen LogP contribution in [0.5, 0.6) is 0 Å². The minimum atomic E-state index is -1.40. The molecule has 0 saturated carbocycles. The molecule has 2 N–H and O–H groups in total. The van der Waals surface area contributed by atoms with Gasteiger partial charge in [-0.1, -0.05) is 23.7 Å². The highest BCUT2D eigenvalue weighted by Crippen LogP contribution is 2.20. The van der Waals surface area contributed by atoms with E-state index in [2.05, 4.69) is 5.10 Å². The van der Waals surface area contributed by atoms with Crippen LogP contribution in [0.3, 0.4) is 0 Å². The Kier molecular flexibility index (Phi) is 3.03. The van der Waals surface area contributed by atoms with E-state index >= 15 is 0 Å². The van der Waals surface area contributed by atoms with Crippen molar-refractivity contribution >= 4 is 23.5 Å². The smallest absolute Gasteiger partial charge is 0.357 e. The van der Waals surface area contributed by atoms with E-state index in [9.17, 15) is 9.59 Å². The molecule has 0 saturated heterocycles. The third-order valence-electron chi connectivity index (χ3n) is 2.25. The van der Waals surface area contributed by atoms with Crippen LogP contribution in [0.4, 0.5) is 0 Å². The fraction of sp³-hybridized carbons (Fsp3) is 0. The number of carboxylic acid groups (broad SMARTS) is 2. The molecule has 0 fully saturated rings. The second-order valence-electron chi connectivity index (χ2n) is 3.40. The minimum Gasteiger partial charge on any atom is -0.478 e. The number of benzene rings is 1. The Morgan fingerprint density at radius 2 is 1.83 bits per heavy atom. The summed E-state index contributed by atoms with van der Waals surface area (Å²) in [6.45, 7) is 0. The number of halogens is 1. The Morgan fingerprint density at radius 1 is 1.17 bits per heavy atom. The zero-order chi connectivity index (χ0) is 13.3. The lowest BCUT2D eigenvalue weighted by Crippen LogP contribution is -2.06. The lowest BCUT2D eigenvalue weighted by Gasteiger charge is -2.02. The topological polar surface area (TPSA) is 92.4 Å². The summed E-state index contributed by atoms with van der Waals surface area (Å²) >= 11 is 5.92. The van der Waals surface area contributed by atoms with Crippen LogP contribution < -0.4 is 0 Å². The second kappa shape index (κ2) is 4.50. The minimum absolute atomic E-state index is 0.342. The first-order valence-corrected chi connectivity index (χ1v) is 5.19. The maximum absolute atomic E-state index is 10.9. The number of hydrogen-bond donors (Lipinski definition) is 2. The van der Waals surface area contributed by atoms with Gasteiger partial charge in [-0.05, 0) is 12.1 Å². The number of rotatable bonds is 3. The number of hydrogen-bond acceptors (Lipinski definition) is 3. The maximum atomic E-state index is 10.9. The summed E-state index contributed by atoms with van der Waals surface area (Å²) < 4.78 is 1.13.